The minimum atomic E-state index is -0.591. The van der Waals surface area contributed by atoms with Crippen LogP contribution >= 0.6 is 0 Å². The second kappa shape index (κ2) is 7.68. The molecule has 0 fully saturated rings. The summed E-state index contributed by atoms with van der Waals surface area (Å²) in [5, 5.41) is 16.8. The molecule has 0 atom stereocenters. The number of anilines is 1. The van der Waals surface area contributed by atoms with E-state index in [4.69, 9.17) is 0 Å². The molecule has 0 bridgehead atoms. The summed E-state index contributed by atoms with van der Waals surface area (Å²) in [7, 11) is 0. The van der Waals surface area contributed by atoms with Crippen molar-refractivity contribution in [3.63, 3.8) is 0 Å². The summed E-state index contributed by atoms with van der Waals surface area (Å²) in [4.78, 5) is 35.9. The van der Waals surface area contributed by atoms with E-state index in [0.29, 0.717) is 0 Å². The number of rotatable bonds is 7. The van der Waals surface area contributed by atoms with Crippen molar-refractivity contribution in [2.75, 3.05) is 18.4 Å². The van der Waals surface area contributed by atoms with Gasteiger partial charge in [0.25, 0.3) is 11.6 Å². The van der Waals surface area contributed by atoms with Crippen LogP contribution < -0.4 is 5.32 Å². The molecule has 0 saturated carbocycles. The first-order valence-corrected chi connectivity index (χ1v) is 6.86. The van der Waals surface area contributed by atoms with Gasteiger partial charge in [0.1, 0.15) is 12.8 Å². The summed E-state index contributed by atoms with van der Waals surface area (Å²) in [6.07, 6.45) is 2.75. The topological polar surface area (TPSA) is 119 Å². The number of benzene rings is 1. The van der Waals surface area contributed by atoms with Crippen LogP contribution in [0.2, 0.25) is 0 Å². The first-order valence-electron chi connectivity index (χ1n) is 6.86. The van der Waals surface area contributed by atoms with Crippen LogP contribution in [0.25, 0.3) is 0 Å². The van der Waals surface area contributed by atoms with Crippen LogP contribution in [0.15, 0.2) is 53.8 Å². The Labute approximate surface area is 136 Å². The number of amides is 2. The van der Waals surface area contributed by atoms with E-state index in [1.807, 2.05) is 0 Å². The molecule has 9 nitrogen and oxygen atoms in total. The average Bonchev–Trinajstić information content (AvgIpc) is 3.06. The number of carbonyl (C=O) groups excluding carboxylic acids is 2. The van der Waals surface area contributed by atoms with Crippen molar-refractivity contribution in [2.24, 2.45) is 0 Å². The van der Waals surface area contributed by atoms with Crippen molar-refractivity contribution in [1.29, 1.82) is 0 Å². The third kappa shape index (κ3) is 4.26. The number of nitrogens with one attached hydrogen (secondary N) is 1. The van der Waals surface area contributed by atoms with Gasteiger partial charge in [-0.2, -0.15) is 0 Å². The number of carbonyl (C=O) groups is 2. The molecular weight excluding hydrogens is 316 g/mol. The van der Waals surface area contributed by atoms with E-state index >= 15 is 0 Å². The molecule has 0 saturated heterocycles. The molecule has 1 aromatic carbocycles. The smallest absolute Gasteiger partial charge is 0.270 e. The molecule has 2 aromatic rings. The summed E-state index contributed by atoms with van der Waals surface area (Å²) < 4.78 is 4.59. The molecule has 0 unspecified atom stereocenters. The van der Waals surface area contributed by atoms with Crippen molar-refractivity contribution in [3.8, 4) is 0 Å². The maximum Gasteiger partial charge on any atom is 0.270 e. The highest BCUT2D eigenvalue weighted by molar-refractivity contribution is 5.99. The summed E-state index contributed by atoms with van der Waals surface area (Å²) in [5.41, 5.74) is -0.0910. The minimum Gasteiger partial charge on any atom is -0.363 e. The van der Waals surface area contributed by atoms with Crippen LogP contribution in [0, 0.1) is 10.1 Å². The summed E-state index contributed by atoms with van der Waals surface area (Å²) >= 11 is 0. The van der Waals surface area contributed by atoms with E-state index in [1.54, 1.807) is 0 Å². The molecule has 1 heterocycles. The molecule has 0 aliphatic rings. The molecule has 9 heteroatoms. The van der Waals surface area contributed by atoms with Crippen LogP contribution in [-0.2, 0) is 4.79 Å². The molecule has 1 N–H and O–H groups in total. The Balaban J connectivity index is 2.12. The van der Waals surface area contributed by atoms with E-state index in [1.165, 1.54) is 41.5 Å². The summed E-state index contributed by atoms with van der Waals surface area (Å²) in [6, 6.07) is 6.76. The van der Waals surface area contributed by atoms with Gasteiger partial charge in [0, 0.05) is 30.3 Å². The van der Waals surface area contributed by atoms with Gasteiger partial charge in [0.2, 0.25) is 5.91 Å². The predicted molar refractivity (Wildman–Crippen MR) is 84.3 cm³/mol. The van der Waals surface area contributed by atoms with Crippen LogP contribution in [0.4, 0.5) is 11.5 Å². The van der Waals surface area contributed by atoms with E-state index in [-0.39, 0.29) is 30.2 Å². The Morgan fingerprint density at radius 2 is 2.21 bits per heavy atom. The number of nitro groups is 1. The lowest BCUT2D eigenvalue weighted by Gasteiger charge is -2.20. The van der Waals surface area contributed by atoms with Crippen LogP contribution in [0.5, 0.6) is 0 Å². The fourth-order valence-corrected chi connectivity index (χ4v) is 1.94. The SMILES string of the molecule is C=CCN(CC(=O)Nc1ccon1)C(=O)c1cccc([N+](=O)[O-])c1. The molecule has 0 spiro atoms. The second-order valence-corrected chi connectivity index (χ2v) is 4.71. The Bertz CT molecular complexity index is 757. The molecule has 2 amide bonds. The maximum absolute atomic E-state index is 12.5. The molecule has 0 aliphatic heterocycles. The van der Waals surface area contributed by atoms with Gasteiger partial charge in [-0.25, -0.2) is 0 Å². The molecule has 124 valence electrons. The van der Waals surface area contributed by atoms with Gasteiger partial charge < -0.3 is 14.7 Å². The van der Waals surface area contributed by atoms with Crippen LogP contribution in [0.1, 0.15) is 10.4 Å². The fraction of sp³-hybridized carbons (Fsp3) is 0.133. The predicted octanol–water partition coefficient (Wildman–Crippen LogP) is 1.85. The quantitative estimate of drug-likeness (QED) is 0.470. The molecule has 1 aromatic heterocycles. The van der Waals surface area contributed by atoms with Crippen molar-refractivity contribution in [3.05, 3.63) is 64.9 Å². The van der Waals surface area contributed by atoms with Gasteiger partial charge >= 0.3 is 0 Å². The fourth-order valence-electron chi connectivity index (χ4n) is 1.94. The second-order valence-electron chi connectivity index (χ2n) is 4.71. The zero-order valence-corrected chi connectivity index (χ0v) is 12.5. The van der Waals surface area contributed by atoms with Crippen LogP contribution in [-0.4, -0.2) is 39.9 Å². The first kappa shape index (κ1) is 16.9. The molecule has 0 aliphatic carbocycles. The summed E-state index contributed by atoms with van der Waals surface area (Å²) in [6.45, 7) is 3.39. The molecule has 24 heavy (non-hydrogen) atoms. The van der Waals surface area contributed by atoms with Gasteiger partial charge in [-0.3, -0.25) is 19.7 Å². The standard InChI is InChI=1S/C15H14N4O5/c1-2-7-18(10-14(20)16-13-6-8-24-17-13)15(21)11-4-3-5-12(9-11)19(22)23/h2-6,8-9H,1,7,10H2,(H,16,17,20). The monoisotopic (exact) mass is 330 g/mol. The van der Waals surface area contributed by atoms with E-state index in [2.05, 4.69) is 21.6 Å². The number of hydrogen-bond donors (Lipinski definition) is 1. The van der Waals surface area contributed by atoms with Gasteiger partial charge in [0.15, 0.2) is 5.82 Å². The number of aromatic nitrogens is 1. The van der Waals surface area contributed by atoms with E-state index < -0.39 is 16.7 Å². The minimum absolute atomic E-state index is 0.105. The maximum atomic E-state index is 12.5. The number of hydrogen-bond acceptors (Lipinski definition) is 6. The summed E-state index contributed by atoms with van der Waals surface area (Å²) in [5.74, 6) is -0.778. The van der Waals surface area contributed by atoms with E-state index in [0.717, 1.165) is 6.07 Å². The number of non-ortho nitro benzene ring substituents is 1. The lowest BCUT2D eigenvalue weighted by atomic mass is 10.1. The average molecular weight is 330 g/mol. The Kier molecular flexibility index (Phi) is 5.40. The van der Waals surface area contributed by atoms with Gasteiger partial charge in [-0.05, 0) is 6.07 Å². The largest absolute Gasteiger partial charge is 0.363 e. The van der Waals surface area contributed by atoms with Crippen molar-refractivity contribution in [2.45, 2.75) is 0 Å². The Morgan fingerprint density at radius 3 is 2.83 bits per heavy atom. The van der Waals surface area contributed by atoms with Gasteiger partial charge in [0.05, 0.1) is 4.92 Å². The van der Waals surface area contributed by atoms with Gasteiger partial charge in [-0.15, -0.1) is 6.58 Å². The van der Waals surface area contributed by atoms with E-state index in [9.17, 15) is 19.7 Å². The highest BCUT2D eigenvalue weighted by Gasteiger charge is 2.20. The lowest BCUT2D eigenvalue weighted by molar-refractivity contribution is -0.384. The highest BCUT2D eigenvalue weighted by atomic mass is 16.6. The third-order valence-corrected chi connectivity index (χ3v) is 2.98. The highest BCUT2D eigenvalue weighted by Crippen LogP contribution is 2.15. The van der Waals surface area contributed by atoms with Crippen molar-refractivity contribution >= 4 is 23.3 Å². The number of nitro benzene ring substituents is 1. The van der Waals surface area contributed by atoms with Gasteiger partial charge in [-0.1, -0.05) is 17.3 Å². The Hall–Kier alpha value is -3.49. The normalized spacial score (nSPS) is 10.0. The first-order chi connectivity index (χ1) is 11.5. The van der Waals surface area contributed by atoms with Crippen molar-refractivity contribution < 1.29 is 19.0 Å². The molecule has 2 rings (SSSR count). The van der Waals surface area contributed by atoms with Crippen LogP contribution in [0.3, 0.4) is 0 Å². The lowest BCUT2D eigenvalue weighted by Crippen LogP contribution is -2.38. The molecule has 0 radical (unpaired) electrons. The third-order valence-electron chi connectivity index (χ3n) is 2.98. The molecular formula is C15H14N4O5. The Morgan fingerprint density at radius 1 is 1.42 bits per heavy atom. The van der Waals surface area contributed by atoms with Crippen molar-refractivity contribution in [1.82, 2.24) is 10.1 Å². The number of nitrogens with zero attached hydrogens (tertiary/aromatic N) is 3. The zero-order chi connectivity index (χ0) is 17.5. The zero-order valence-electron chi connectivity index (χ0n) is 12.5.